The Morgan fingerprint density at radius 3 is 2.46 bits per heavy atom. The largest absolute Gasteiger partial charge is 0.380 e. The number of nitrogens with zero attached hydrogens (tertiary/aromatic N) is 1. The van der Waals surface area contributed by atoms with Crippen LogP contribution in [-0.2, 0) is 19.6 Å². The minimum atomic E-state index is -4.41. The highest BCUT2D eigenvalue weighted by Gasteiger charge is 2.25. The second-order valence-corrected chi connectivity index (χ2v) is 7.54. The molecule has 1 aliphatic heterocycles. The number of hydrogen-bond donors (Lipinski definition) is 2. The molecule has 0 radical (unpaired) electrons. The van der Waals surface area contributed by atoms with Gasteiger partial charge in [-0.3, -0.25) is 9.69 Å². The number of amides is 1. The lowest BCUT2D eigenvalue weighted by molar-refractivity contribution is -0.122. The van der Waals surface area contributed by atoms with Gasteiger partial charge >= 0.3 is 0 Å². The lowest BCUT2D eigenvalue weighted by atomic mass is 10.2. The van der Waals surface area contributed by atoms with Crippen molar-refractivity contribution in [2.75, 3.05) is 45.2 Å². The SMILES string of the molecule is COCC(=O)NS(=O)(=O)c1cc(F)c(NCCCN2CC(F)C2)c(F)c1. The smallest absolute Gasteiger partial charge is 0.264 e. The molecule has 0 aromatic heterocycles. The zero-order valence-electron chi connectivity index (χ0n) is 14.1. The summed E-state index contributed by atoms with van der Waals surface area (Å²) in [5, 5.41) is 2.56. The Kier molecular flexibility index (Phi) is 6.84. The highest BCUT2D eigenvalue weighted by Crippen LogP contribution is 2.23. The number of anilines is 1. The number of carbonyl (C=O) groups is 1. The van der Waals surface area contributed by atoms with Crippen LogP contribution >= 0.6 is 0 Å². The van der Waals surface area contributed by atoms with E-state index in [-0.39, 0.29) is 6.54 Å². The minimum absolute atomic E-state index is 0.234. The Bertz CT molecular complexity index is 731. The Balaban J connectivity index is 1.97. The number of nitrogens with one attached hydrogen (secondary N) is 2. The number of ether oxygens (including phenoxy) is 1. The van der Waals surface area contributed by atoms with Gasteiger partial charge in [0.05, 0.1) is 4.90 Å². The summed E-state index contributed by atoms with van der Waals surface area (Å²) in [6.07, 6.45) is -0.268. The lowest BCUT2D eigenvalue weighted by Crippen LogP contribution is -2.48. The third-order valence-corrected chi connectivity index (χ3v) is 5.07. The van der Waals surface area contributed by atoms with E-state index in [1.165, 1.54) is 7.11 Å². The summed E-state index contributed by atoms with van der Waals surface area (Å²) in [5.41, 5.74) is -0.459. The summed E-state index contributed by atoms with van der Waals surface area (Å²) in [5.74, 6) is -3.16. The molecule has 0 unspecified atom stereocenters. The first kappa shape index (κ1) is 20.5. The van der Waals surface area contributed by atoms with Crippen molar-refractivity contribution in [1.29, 1.82) is 0 Å². The summed E-state index contributed by atoms with van der Waals surface area (Å²) in [7, 11) is -3.21. The van der Waals surface area contributed by atoms with Gasteiger partial charge in [-0.15, -0.1) is 0 Å². The average molecular weight is 395 g/mol. The van der Waals surface area contributed by atoms with Crippen molar-refractivity contribution in [1.82, 2.24) is 9.62 Å². The van der Waals surface area contributed by atoms with E-state index in [0.29, 0.717) is 38.2 Å². The molecule has 0 atom stereocenters. The predicted octanol–water partition coefficient (Wildman–Crippen LogP) is 0.872. The van der Waals surface area contributed by atoms with Gasteiger partial charge in [0, 0.05) is 33.3 Å². The lowest BCUT2D eigenvalue weighted by Gasteiger charge is -2.34. The molecule has 1 heterocycles. The van der Waals surface area contributed by atoms with Crippen molar-refractivity contribution in [3.63, 3.8) is 0 Å². The number of alkyl halides is 1. The molecule has 0 bridgehead atoms. The predicted molar refractivity (Wildman–Crippen MR) is 88.0 cm³/mol. The summed E-state index contributed by atoms with van der Waals surface area (Å²) in [4.78, 5) is 12.5. The molecule has 0 saturated carbocycles. The van der Waals surface area contributed by atoms with Crippen LogP contribution in [0.5, 0.6) is 0 Å². The molecule has 2 N–H and O–H groups in total. The molecular formula is C15H20F3N3O4S. The van der Waals surface area contributed by atoms with Gasteiger partial charge in [0.25, 0.3) is 15.9 Å². The maximum Gasteiger partial charge on any atom is 0.264 e. The van der Waals surface area contributed by atoms with Crippen LogP contribution in [0.4, 0.5) is 18.9 Å². The first-order chi connectivity index (χ1) is 12.2. The highest BCUT2D eigenvalue weighted by molar-refractivity contribution is 7.90. The fraction of sp³-hybridized carbons (Fsp3) is 0.533. The Morgan fingerprint density at radius 1 is 1.31 bits per heavy atom. The van der Waals surface area contributed by atoms with Gasteiger partial charge in [-0.1, -0.05) is 0 Å². The standard InChI is InChI=1S/C15H20F3N3O4S/c1-25-9-14(22)20-26(23,24)11-5-12(17)15(13(18)6-11)19-3-2-4-21-7-10(16)8-21/h5-6,10,19H,2-4,7-9H2,1H3,(H,20,22). The van der Waals surface area contributed by atoms with Crippen LogP contribution in [0, 0.1) is 11.6 Å². The van der Waals surface area contributed by atoms with Crippen LogP contribution in [0.2, 0.25) is 0 Å². The first-order valence-electron chi connectivity index (χ1n) is 7.87. The molecule has 1 amide bonds. The molecule has 1 aromatic rings. The molecule has 146 valence electrons. The molecule has 1 fully saturated rings. The molecule has 26 heavy (non-hydrogen) atoms. The monoisotopic (exact) mass is 395 g/mol. The molecule has 0 spiro atoms. The summed E-state index contributed by atoms with van der Waals surface area (Å²) in [6.45, 7) is 1.05. The van der Waals surface area contributed by atoms with Crippen molar-refractivity contribution < 1.29 is 31.1 Å². The highest BCUT2D eigenvalue weighted by atomic mass is 32.2. The van der Waals surface area contributed by atoms with E-state index >= 15 is 0 Å². The fourth-order valence-corrected chi connectivity index (χ4v) is 3.44. The molecule has 1 aliphatic rings. The molecule has 0 aliphatic carbocycles. The topological polar surface area (TPSA) is 87.7 Å². The van der Waals surface area contributed by atoms with Crippen molar-refractivity contribution in [2.24, 2.45) is 0 Å². The number of likely N-dealkylation sites (tertiary alicyclic amines) is 1. The van der Waals surface area contributed by atoms with E-state index in [9.17, 15) is 26.4 Å². The third-order valence-electron chi connectivity index (χ3n) is 3.72. The van der Waals surface area contributed by atoms with Gasteiger partial charge in [-0.2, -0.15) is 0 Å². The number of halogens is 3. The van der Waals surface area contributed by atoms with Crippen LogP contribution in [0.3, 0.4) is 0 Å². The van der Waals surface area contributed by atoms with Crippen LogP contribution in [0.1, 0.15) is 6.42 Å². The van der Waals surface area contributed by atoms with E-state index in [1.807, 2.05) is 4.90 Å². The number of hydrogen-bond acceptors (Lipinski definition) is 6. The van der Waals surface area contributed by atoms with Gasteiger partial charge in [-0.05, 0) is 18.6 Å². The number of methoxy groups -OCH3 is 1. The molecule has 7 nitrogen and oxygen atoms in total. The van der Waals surface area contributed by atoms with Gasteiger partial charge in [0.15, 0.2) is 11.6 Å². The van der Waals surface area contributed by atoms with Crippen LogP contribution in [-0.4, -0.2) is 65.3 Å². The van der Waals surface area contributed by atoms with Gasteiger partial charge in [0.2, 0.25) is 0 Å². The molecule has 1 saturated heterocycles. The van der Waals surface area contributed by atoms with Crippen LogP contribution < -0.4 is 10.0 Å². The molecule has 1 aromatic carbocycles. The van der Waals surface area contributed by atoms with Crippen molar-refractivity contribution in [3.8, 4) is 0 Å². The van der Waals surface area contributed by atoms with Crippen molar-refractivity contribution in [3.05, 3.63) is 23.8 Å². The van der Waals surface area contributed by atoms with Gasteiger partial charge in [0.1, 0.15) is 18.5 Å². The first-order valence-corrected chi connectivity index (χ1v) is 9.35. The van der Waals surface area contributed by atoms with Crippen LogP contribution in [0.15, 0.2) is 17.0 Å². The Morgan fingerprint density at radius 2 is 1.92 bits per heavy atom. The number of rotatable bonds is 9. The van der Waals surface area contributed by atoms with Crippen molar-refractivity contribution >= 4 is 21.6 Å². The summed E-state index contributed by atoms with van der Waals surface area (Å²) < 4.78 is 70.9. The third kappa shape index (κ3) is 5.32. The van der Waals surface area contributed by atoms with Gasteiger partial charge < -0.3 is 10.1 Å². The Labute approximate surface area is 149 Å². The molecular weight excluding hydrogens is 375 g/mol. The molecule has 11 heteroatoms. The minimum Gasteiger partial charge on any atom is -0.380 e. The van der Waals surface area contributed by atoms with E-state index in [1.54, 1.807) is 4.72 Å². The maximum absolute atomic E-state index is 14.1. The summed E-state index contributed by atoms with van der Waals surface area (Å²) in [6, 6.07) is 1.24. The normalized spacial score (nSPS) is 15.5. The number of sulfonamides is 1. The van der Waals surface area contributed by atoms with E-state index in [4.69, 9.17) is 0 Å². The second kappa shape index (κ2) is 8.69. The summed E-state index contributed by atoms with van der Waals surface area (Å²) >= 11 is 0. The molecule has 2 rings (SSSR count). The van der Waals surface area contributed by atoms with Crippen LogP contribution in [0.25, 0.3) is 0 Å². The van der Waals surface area contributed by atoms with Crippen molar-refractivity contribution in [2.45, 2.75) is 17.5 Å². The van der Waals surface area contributed by atoms with E-state index in [2.05, 4.69) is 10.1 Å². The average Bonchev–Trinajstić information content (AvgIpc) is 2.50. The number of carbonyl (C=O) groups excluding carboxylic acids is 1. The van der Waals surface area contributed by atoms with E-state index in [0.717, 1.165) is 0 Å². The fourth-order valence-electron chi connectivity index (χ4n) is 2.45. The quantitative estimate of drug-likeness (QED) is 0.604. The maximum atomic E-state index is 14.1. The zero-order valence-corrected chi connectivity index (χ0v) is 14.9. The number of benzene rings is 1. The Hall–Kier alpha value is -1.85. The second-order valence-electron chi connectivity index (χ2n) is 5.86. The zero-order chi connectivity index (χ0) is 19.3. The van der Waals surface area contributed by atoms with E-state index < -0.39 is 50.9 Å². The van der Waals surface area contributed by atoms with Gasteiger partial charge in [-0.25, -0.2) is 26.3 Å².